The maximum absolute atomic E-state index is 3.92. The molecule has 0 fully saturated rings. The fourth-order valence-corrected chi connectivity index (χ4v) is 3.57. The zero-order valence-electron chi connectivity index (χ0n) is 16.0. The van der Waals surface area contributed by atoms with Gasteiger partial charge in [0.05, 0.1) is 0 Å². The van der Waals surface area contributed by atoms with Gasteiger partial charge in [0.2, 0.25) is 0 Å². The molecule has 0 bridgehead atoms. The van der Waals surface area contributed by atoms with E-state index in [-0.39, 0.29) is 0 Å². The number of anilines is 2. The van der Waals surface area contributed by atoms with Crippen LogP contribution in [-0.2, 0) is 0 Å². The van der Waals surface area contributed by atoms with Crippen LogP contribution in [0.25, 0.3) is 21.5 Å². The lowest BCUT2D eigenvalue weighted by molar-refractivity contribution is 1.21. The predicted molar refractivity (Wildman–Crippen MR) is 123 cm³/mol. The maximum atomic E-state index is 3.92. The van der Waals surface area contributed by atoms with Gasteiger partial charge in [-0.3, -0.25) is 0 Å². The molecule has 0 N–H and O–H groups in total. The minimum atomic E-state index is 1.07. The molecule has 0 heterocycles. The molecule has 0 saturated carbocycles. The van der Waals surface area contributed by atoms with Crippen molar-refractivity contribution < 1.29 is 0 Å². The lowest BCUT2D eigenvalue weighted by Gasteiger charge is -2.27. The summed E-state index contributed by atoms with van der Waals surface area (Å²) in [6, 6.07) is 30.1. The number of allylic oxidation sites excluding steroid dienone is 4. The van der Waals surface area contributed by atoms with E-state index in [1.807, 2.05) is 19.1 Å². The van der Waals surface area contributed by atoms with Crippen molar-refractivity contribution in [1.82, 2.24) is 0 Å². The van der Waals surface area contributed by atoms with Crippen molar-refractivity contribution >= 4 is 32.9 Å². The Hall–Kier alpha value is -3.58. The molecule has 28 heavy (non-hydrogen) atoms. The fraction of sp³-hybridized carbons (Fsp3) is 0.0370. The zero-order chi connectivity index (χ0) is 19.3. The van der Waals surface area contributed by atoms with Gasteiger partial charge < -0.3 is 4.90 Å². The summed E-state index contributed by atoms with van der Waals surface area (Å²) in [5.41, 5.74) is 3.32. The van der Waals surface area contributed by atoms with Crippen molar-refractivity contribution in [2.75, 3.05) is 4.90 Å². The minimum absolute atomic E-state index is 1.07. The second-order valence-corrected chi connectivity index (χ2v) is 6.73. The molecule has 4 rings (SSSR count). The number of fused-ring (bicyclic) bond motifs is 2. The molecule has 0 aliphatic rings. The molecule has 0 unspecified atom stereocenters. The van der Waals surface area contributed by atoms with Crippen molar-refractivity contribution in [2.24, 2.45) is 0 Å². The molecule has 136 valence electrons. The van der Waals surface area contributed by atoms with Gasteiger partial charge in [0.15, 0.2) is 0 Å². The van der Waals surface area contributed by atoms with Gasteiger partial charge in [-0.05, 0) is 64.9 Å². The Bertz CT molecular complexity index is 1120. The normalized spacial score (nSPS) is 12.0. The molecule has 0 amide bonds. The van der Waals surface area contributed by atoms with Crippen molar-refractivity contribution in [2.45, 2.75) is 6.92 Å². The standard InChI is InChI=1S/C27H23N/c1-3-9-25(10-4-2)28(26-17-15-21-11-5-7-13-23(21)19-26)27-18-16-22-12-6-8-14-24(22)20-27/h3-20H,1H2,2H3/b10-4-,25-9+. The van der Waals surface area contributed by atoms with Crippen molar-refractivity contribution in [3.8, 4) is 0 Å². The van der Waals surface area contributed by atoms with Gasteiger partial charge in [-0.1, -0.05) is 79.4 Å². The molecule has 0 aliphatic carbocycles. The monoisotopic (exact) mass is 361 g/mol. The van der Waals surface area contributed by atoms with Crippen LogP contribution >= 0.6 is 0 Å². The van der Waals surface area contributed by atoms with Crippen molar-refractivity contribution in [3.63, 3.8) is 0 Å². The van der Waals surface area contributed by atoms with E-state index in [0.29, 0.717) is 0 Å². The molecule has 0 spiro atoms. The highest BCUT2D eigenvalue weighted by Gasteiger charge is 2.14. The van der Waals surface area contributed by atoms with Gasteiger partial charge in [0.1, 0.15) is 0 Å². The van der Waals surface area contributed by atoms with Crippen LogP contribution in [0.15, 0.2) is 122 Å². The molecular weight excluding hydrogens is 338 g/mol. The third kappa shape index (κ3) is 3.47. The summed E-state index contributed by atoms with van der Waals surface area (Å²) >= 11 is 0. The Kier molecular flexibility index (Phi) is 5.07. The second kappa shape index (κ2) is 7.98. The van der Waals surface area contributed by atoms with E-state index in [9.17, 15) is 0 Å². The molecular formula is C27H23N. The van der Waals surface area contributed by atoms with Gasteiger partial charge in [-0.2, -0.15) is 0 Å². The maximum Gasteiger partial charge on any atom is 0.0468 e. The highest BCUT2D eigenvalue weighted by Crippen LogP contribution is 2.34. The first-order valence-electron chi connectivity index (χ1n) is 9.53. The quantitative estimate of drug-likeness (QED) is 0.328. The lowest BCUT2D eigenvalue weighted by atomic mass is 10.1. The number of nitrogens with zero attached hydrogens (tertiary/aromatic N) is 1. The molecule has 1 nitrogen and oxygen atoms in total. The van der Waals surface area contributed by atoms with Crippen LogP contribution in [-0.4, -0.2) is 0 Å². The van der Waals surface area contributed by atoms with E-state index in [0.717, 1.165) is 17.1 Å². The van der Waals surface area contributed by atoms with E-state index in [2.05, 4.69) is 109 Å². The SMILES string of the molecule is C=C/C=C(\C=C/C)N(c1ccc2ccccc2c1)c1ccc2ccccc2c1. The van der Waals surface area contributed by atoms with Gasteiger partial charge in [-0.15, -0.1) is 0 Å². The van der Waals surface area contributed by atoms with Crippen LogP contribution < -0.4 is 4.90 Å². The summed E-state index contributed by atoms with van der Waals surface area (Å²) in [7, 11) is 0. The molecule has 1 heteroatoms. The van der Waals surface area contributed by atoms with E-state index < -0.39 is 0 Å². The van der Waals surface area contributed by atoms with Crippen LogP contribution in [0.3, 0.4) is 0 Å². The molecule has 0 atom stereocenters. The lowest BCUT2D eigenvalue weighted by Crippen LogP contribution is -2.15. The first kappa shape index (κ1) is 17.8. The zero-order valence-corrected chi connectivity index (χ0v) is 16.0. The summed E-state index contributed by atoms with van der Waals surface area (Å²) in [4.78, 5) is 2.28. The third-order valence-electron chi connectivity index (χ3n) is 4.87. The van der Waals surface area contributed by atoms with Crippen LogP contribution in [0.2, 0.25) is 0 Å². The molecule has 4 aromatic carbocycles. The average Bonchev–Trinajstić information content (AvgIpc) is 2.74. The van der Waals surface area contributed by atoms with Crippen molar-refractivity contribution in [1.29, 1.82) is 0 Å². The summed E-state index contributed by atoms with van der Waals surface area (Å²) < 4.78 is 0. The van der Waals surface area contributed by atoms with Crippen LogP contribution in [0.5, 0.6) is 0 Å². The fourth-order valence-electron chi connectivity index (χ4n) is 3.57. The number of rotatable bonds is 5. The highest BCUT2D eigenvalue weighted by molar-refractivity contribution is 5.91. The first-order valence-corrected chi connectivity index (χ1v) is 9.53. The van der Waals surface area contributed by atoms with Crippen LogP contribution in [0.4, 0.5) is 11.4 Å². The van der Waals surface area contributed by atoms with Gasteiger partial charge in [0.25, 0.3) is 0 Å². The smallest absolute Gasteiger partial charge is 0.0468 e. The van der Waals surface area contributed by atoms with E-state index in [1.54, 1.807) is 0 Å². The topological polar surface area (TPSA) is 3.24 Å². The first-order chi connectivity index (χ1) is 13.8. The average molecular weight is 361 g/mol. The van der Waals surface area contributed by atoms with Gasteiger partial charge in [0, 0.05) is 17.1 Å². The third-order valence-corrected chi connectivity index (χ3v) is 4.87. The Labute approximate surface area is 166 Å². The van der Waals surface area contributed by atoms with E-state index >= 15 is 0 Å². The number of hydrogen-bond acceptors (Lipinski definition) is 1. The van der Waals surface area contributed by atoms with E-state index in [4.69, 9.17) is 0 Å². The molecule has 0 radical (unpaired) electrons. The van der Waals surface area contributed by atoms with Crippen LogP contribution in [0, 0.1) is 0 Å². The molecule has 0 aliphatic heterocycles. The van der Waals surface area contributed by atoms with Gasteiger partial charge in [-0.25, -0.2) is 0 Å². The Balaban J connectivity index is 1.93. The number of hydrogen-bond donors (Lipinski definition) is 0. The largest absolute Gasteiger partial charge is 0.310 e. The second-order valence-electron chi connectivity index (χ2n) is 6.73. The van der Waals surface area contributed by atoms with Crippen LogP contribution in [0.1, 0.15) is 6.92 Å². The highest BCUT2D eigenvalue weighted by atomic mass is 15.1. The molecule has 4 aromatic rings. The van der Waals surface area contributed by atoms with Gasteiger partial charge >= 0.3 is 0 Å². The Morgan fingerprint density at radius 1 is 0.714 bits per heavy atom. The van der Waals surface area contributed by atoms with E-state index in [1.165, 1.54) is 21.5 Å². The Morgan fingerprint density at radius 3 is 1.68 bits per heavy atom. The predicted octanol–water partition coefficient (Wildman–Crippen LogP) is 7.78. The number of benzene rings is 4. The summed E-state index contributed by atoms with van der Waals surface area (Å²) in [5, 5.41) is 4.93. The minimum Gasteiger partial charge on any atom is -0.310 e. The summed E-state index contributed by atoms with van der Waals surface area (Å²) in [6.07, 6.45) is 8.06. The molecule has 0 aromatic heterocycles. The summed E-state index contributed by atoms with van der Waals surface area (Å²) in [6.45, 7) is 5.95. The van der Waals surface area contributed by atoms with Crippen molar-refractivity contribution in [3.05, 3.63) is 122 Å². The Morgan fingerprint density at radius 2 is 1.21 bits per heavy atom. The molecule has 0 saturated heterocycles. The summed E-state index contributed by atoms with van der Waals surface area (Å²) in [5.74, 6) is 0.